The van der Waals surface area contributed by atoms with Crippen molar-refractivity contribution in [1.29, 1.82) is 0 Å². The van der Waals surface area contributed by atoms with Crippen molar-refractivity contribution in [3.8, 4) is 0 Å². The summed E-state index contributed by atoms with van der Waals surface area (Å²) in [5.74, 6) is 2.42. The maximum atomic E-state index is 4.51. The zero-order valence-electron chi connectivity index (χ0n) is 14.1. The first-order chi connectivity index (χ1) is 10.3. The monoisotopic (exact) mass is 291 g/mol. The second-order valence-electron chi connectivity index (χ2n) is 6.67. The molecule has 3 heteroatoms. The third-order valence-electron chi connectivity index (χ3n) is 5.04. The van der Waals surface area contributed by atoms with E-state index in [1.165, 1.54) is 50.6 Å². The summed E-state index contributed by atoms with van der Waals surface area (Å²) in [6.07, 6.45) is 12.5. The van der Waals surface area contributed by atoms with Crippen LogP contribution in [-0.4, -0.2) is 22.9 Å². The van der Waals surface area contributed by atoms with Crippen LogP contribution in [0.15, 0.2) is 12.4 Å². The Morgan fingerprint density at radius 2 is 2.10 bits per heavy atom. The Balaban J connectivity index is 2.04. The number of nitrogens with one attached hydrogen (secondary N) is 1. The summed E-state index contributed by atoms with van der Waals surface area (Å²) in [5, 5.41) is 8.15. The van der Waals surface area contributed by atoms with E-state index in [4.69, 9.17) is 0 Å². The molecule has 120 valence electrons. The molecule has 3 nitrogen and oxygen atoms in total. The van der Waals surface area contributed by atoms with Gasteiger partial charge in [-0.1, -0.05) is 33.1 Å². The van der Waals surface area contributed by atoms with Gasteiger partial charge >= 0.3 is 0 Å². The van der Waals surface area contributed by atoms with E-state index in [1.807, 2.05) is 0 Å². The average molecular weight is 291 g/mol. The van der Waals surface area contributed by atoms with Gasteiger partial charge in [-0.05, 0) is 62.6 Å². The molecule has 1 aromatic heterocycles. The van der Waals surface area contributed by atoms with E-state index in [0.717, 1.165) is 24.9 Å². The van der Waals surface area contributed by atoms with E-state index in [1.54, 1.807) is 0 Å². The summed E-state index contributed by atoms with van der Waals surface area (Å²) in [6.45, 7) is 10.0. The van der Waals surface area contributed by atoms with Gasteiger partial charge in [-0.2, -0.15) is 5.10 Å². The van der Waals surface area contributed by atoms with Gasteiger partial charge in [0.2, 0.25) is 0 Å². The van der Waals surface area contributed by atoms with Crippen LogP contribution in [0.2, 0.25) is 0 Å². The Hall–Kier alpha value is -0.830. The molecule has 1 N–H and O–H groups in total. The first-order valence-electron chi connectivity index (χ1n) is 9.01. The Morgan fingerprint density at radius 1 is 1.24 bits per heavy atom. The van der Waals surface area contributed by atoms with Gasteiger partial charge in [0.1, 0.15) is 0 Å². The molecule has 1 aliphatic carbocycles. The lowest BCUT2D eigenvalue weighted by Crippen LogP contribution is -2.32. The molecule has 0 saturated heterocycles. The van der Waals surface area contributed by atoms with Crippen molar-refractivity contribution in [3.63, 3.8) is 0 Å². The number of hydrogen-bond donors (Lipinski definition) is 1. The van der Waals surface area contributed by atoms with E-state index >= 15 is 0 Å². The van der Waals surface area contributed by atoms with Crippen molar-refractivity contribution in [2.45, 2.75) is 71.8 Å². The average Bonchev–Trinajstić information content (AvgIpc) is 2.98. The number of hydrogen-bond acceptors (Lipinski definition) is 2. The highest BCUT2D eigenvalue weighted by Gasteiger charge is 2.31. The molecular formula is C18H33N3. The summed E-state index contributed by atoms with van der Waals surface area (Å²) in [7, 11) is 0. The molecular weight excluding hydrogens is 258 g/mol. The SMILES string of the molecule is CCCNCC1CCC(CCC)CC1c1cnn(CC)c1. The summed E-state index contributed by atoms with van der Waals surface area (Å²) in [5.41, 5.74) is 1.47. The van der Waals surface area contributed by atoms with Gasteiger partial charge in [0.05, 0.1) is 6.20 Å². The van der Waals surface area contributed by atoms with Crippen LogP contribution in [-0.2, 0) is 6.54 Å². The van der Waals surface area contributed by atoms with Gasteiger partial charge in [0, 0.05) is 12.7 Å². The predicted molar refractivity (Wildman–Crippen MR) is 89.5 cm³/mol. The van der Waals surface area contributed by atoms with Crippen LogP contribution in [0.3, 0.4) is 0 Å². The van der Waals surface area contributed by atoms with Crippen molar-refractivity contribution >= 4 is 0 Å². The quantitative estimate of drug-likeness (QED) is 0.727. The topological polar surface area (TPSA) is 29.9 Å². The third-order valence-corrected chi connectivity index (χ3v) is 5.04. The maximum absolute atomic E-state index is 4.51. The molecule has 21 heavy (non-hydrogen) atoms. The second kappa shape index (κ2) is 8.57. The normalized spacial score (nSPS) is 26.1. The lowest BCUT2D eigenvalue weighted by atomic mass is 9.70. The van der Waals surface area contributed by atoms with Crippen molar-refractivity contribution in [2.75, 3.05) is 13.1 Å². The molecule has 3 unspecified atom stereocenters. The molecule has 0 bridgehead atoms. The fourth-order valence-corrected chi connectivity index (χ4v) is 3.85. The summed E-state index contributed by atoms with van der Waals surface area (Å²) >= 11 is 0. The zero-order valence-corrected chi connectivity index (χ0v) is 14.1. The van der Waals surface area contributed by atoms with Crippen LogP contribution >= 0.6 is 0 Å². The first kappa shape index (κ1) is 16.5. The van der Waals surface area contributed by atoms with Crippen molar-refractivity contribution in [2.24, 2.45) is 11.8 Å². The molecule has 1 saturated carbocycles. The van der Waals surface area contributed by atoms with Gasteiger partial charge in [0.25, 0.3) is 0 Å². The Labute approximate surface area is 130 Å². The summed E-state index contributed by atoms with van der Waals surface area (Å²) < 4.78 is 2.08. The van der Waals surface area contributed by atoms with Gasteiger partial charge in [-0.3, -0.25) is 4.68 Å². The molecule has 3 atom stereocenters. The lowest BCUT2D eigenvalue weighted by Gasteiger charge is -2.36. The van der Waals surface area contributed by atoms with E-state index in [-0.39, 0.29) is 0 Å². The molecule has 1 aliphatic rings. The number of nitrogens with zero attached hydrogens (tertiary/aromatic N) is 2. The second-order valence-corrected chi connectivity index (χ2v) is 6.67. The van der Waals surface area contributed by atoms with Gasteiger partial charge < -0.3 is 5.32 Å². The first-order valence-corrected chi connectivity index (χ1v) is 9.01. The highest BCUT2D eigenvalue weighted by Crippen LogP contribution is 2.41. The Morgan fingerprint density at radius 3 is 2.76 bits per heavy atom. The number of aryl methyl sites for hydroxylation is 1. The molecule has 2 rings (SSSR count). The zero-order chi connectivity index (χ0) is 15.1. The van der Waals surface area contributed by atoms with Crippen molar-refractivity contribution in [3.05, 3.63) is 18.0 Å². The predicted octanol–water partition coefficient (Wildman–Crippen LogP) is 4.20. The minimum atomic E-state index is 0.708. The molecule has 0 amide bonds. The number of aromatic nitrogens is 2. The van der Waals surface area contributed by atoms with Crippen LogP contribution < -0.4 is 5.32 Å². The van der Waals surface area contributed by atoms with Crippen molar-refractivity contribution < 1.29 is 0 Å². The number of rotatable bonds is 8. The Bertz CT molecular complexity index is 399. The van der Waals surface area contributed by atoms with Crippen LogP contribution in [0, 0.1) is 11.8 Å². The fraction of sp³-hybridized carbons (Fsp3) is 0.833. The molecule has 0 aliphatic heterocycles. The molecule has 0 aromatic carbocycles. The van der Waals surface area contributed by atoms with Crippen LogP contribution in [0.1, 0.15) is 70.8 Å². The fourth-order valence-electron chi connectivity index (χ4n) is 3.85. The Kier molecular flexibility index (Phi) is 6.75. The molecule has 1 fully saturated rings. The van der Waals surface area contributed by atoms with E-state index in [0.29, 0.717) is 5.92 Å². The smallest absolute Gasteiger partial charge is 0.0524 e. The minimum Gasteiger partial charge on any atom is -0.316 e. The standard InChI is InChI=1S/C18H33N3/c1-4-7-15-8-9-16(12-19-10-5-2)18(11-15)17-13-20-21(6-3)14-17/h13-16,18-19H,4-12H2,1-3H3. The van der Waals surface area contributed by atoms with E-state index in [9.17, 15) is 0 Å². The largest absolute Gasteiger partial charge is 0.316 e. The van der Waals surface area contributed by atoms with E-state index < -0.39 is 0 Å². The highest BCUT2D eigenvalue weighted by molar-refractivity contribution is 5.14. The molecule has 1 heterocycles. The molecule has 1 aromatic rings. The molecule has 0 radical (unpaired) electrons. The van der Waals surface area contributed by atoms with Crippen LogP contribution in [0.5, 0.6) is 0 Å². The van der Waals surface area contributed by atoms with Gasteiger partial charge in [-0.25, -0.2) is 0 Å². The van der Waals surface area contributed by atoms with Gasteiger partial charge in [0.15, 0.2) is 0 Å². The van der Waals surface area contributed by atoms with Gasteiger partial charge in [-0.15, -0.1) is 0 Å². The maximum Gasteiger partial charge on any atom is 0.0524 e. The summed E-state index contributed by atoms with van der Waals surface area (Å²) in [6, 6.07) is 0. The highest BCUT2D eigenvalue weighted by atomic mass is 15.3. The molecule has 0 spiro atoms. The van der Waals surface area contributed by atoms with Crippen molar-refractivity contribution in [1.82, 2.24) is 15.1 Å². The van der Waals surface area contributed by atoms with Crippen LogP contribution in [0.4, 0.5) is 0 Å². The third kappa shape index (κ3) is 4.57. The van der Waals surface area contributed by atoms with Crippen LogP contribution in [0.25, 0.3) is 0 Å². The minimum absolute atomic E-state index is 0.708. The van der Waals surface area contributed by atoms with E-state index in [2.05, 4.69) is 48.3 Å². The lowest BCUT2D eigenvalue weighted by molar-refractivity contribution is 0.220. The summed E-state index contributed by atoms with van der Waals surface area (Å²) in [4.78, 5) is 0.